The maximum Gasteiger partial charge on any atom is 0.323 e. The number of furan rings is 1. The smallest absolute Gasteiger partial charge is 0.323 e. The van der Waals surface area contributed by atoms with Crippen molar-refractivity contribution in [1.82, 2.24) is 4.90 Å². The molecule has 1 aromatic heterocycles. The van der Waals surface area contributed by atoms with Gasteiger partial charge in [0.05, 0.1) is 35.2 Å². The second-order valence-electron chi connectivity index (χ2n) is 14.7. The number of nitrogens with two attached hydrogens (primary N) is 1. The highest BCUT2D eigenvalue weighted by atomic mass is 16.3. The summed E-state index contributed by atoms with van der Waals surface area (Å²) in [5.41, 5.74) is 4.86. The molecule has 15 nitrogen and oxygen atoms in total. The number of aromatic hydroxyl groups is 1. The van der Waals surface area contributed by atoms with E-state index in [0.29, 0.717) is 11.4 Å². The van der Waals surface area contributed by atoms with Crippen LogP contribution >= 0.6 is 0 Å². The number of fused-ring (bicyclic) bond motifs is 4. The van der Waals surface area contributed by atoms with Crippen molar-refractivity contribution < 1.29 is 48.5 Å². The van der Waals surface area contributed by atoms with E-state index in [4.69, 9.17) is 10.2 Å². The molecule has 3 aliphatic carbocycles. The van der Waals surface area contributed by atoms with Crippen molar-refractivity contribution in [3.8, 4) is 17.1 Å². The SMILES string of the molecule is C[C@@H]1c2ccc(NC(=O)Nc3ccc(-c4cc5ccc(N(C)C)cc5o4)cc3)c(O)c2C(=O)C2C(=O)[C@@]3(O)C(=O)C(C(N)=O)C(=O)[C@H](N(C)C)[C@H]3[C@H](O)[C@H]21. The van der Waals surface area contributed by atoms with Crippen LogP contribution in [0.4, 0.5) is 21.9 Å². The number of primary amides is 1. The number of nitrogens with one attached hydrogen (secondary N) is 2. The standard InChI is InChI=1S/C39H39N5O10/c1-16-21-12-13-22(42-38(52)41-19-9-6-17(7-10-19)23-14-18-8-11-20(43(2)3)15-24(18)54-23)31(45)26(21)32(46)27-25(16)33(47)29-30(44(4)5)34(48)28(37(40)51)36(50)39(29,53)35(27)49/h6-16,25,27-30,33,45,47,53H,1-5H3,(H2,40,51)(H2,41,42,52)/t16-,25+,27?,28?,29+,30-,33-,39-/m1/s1. The van der Waals surface area contributed by atoms with Crippen molar-refractivity contribution in [1.29, 1.82) is 0 Å². The molecule has 8 atom stereocenters. The maximum atomic E-state index is 14.2. The molecule has 4 aromatic rings. The van der Waals surface area contributed by atoms with Crippen LogP contribution in [0.2, 0.25) is 0 Å². The number of benzene rings is 3. The molecule has 0 saturated heterocycles. The molecule has 280 valence electrons. The molecule has 0 radical (unpaired) electrons. The minimum atomic E-state index is -3.11. The van der Waals surface area contributed by atoms with Crippen LogP contribution in [0, 0.1) is 23.7 Å². The van der Waals surface area contributed by atoms with Gasteiger partial charge in [0.2, 0.25) is 5.91 Å². The molecule has 7 N–H and O–H groups in total. The normalized spacial score (nSPS) is 27.7. The third-order valence-corrected chi connectivity index (χ3v) is 11.2. The van der Waals surface area contributed by atoms with E-state index in [2.05, 4.69) is 10.6 Å². The lowest BCUT2D eigenvalue weighted by Gasteiger charge is -2.56. The quantitative estimate of drug-likeness (QED) is 0.124. The fourth-order valence-corrected chi connectivity index (χ4v) is 8.53. The Hall–Kier alpha value is -5.90. The van der Waals surface area contributed by atoms with Gasteiger partial charge in [-0.2, -0.15) is 0 Å². The molecule has 0 aliphatic heterocycles. The number of Topliss-reactive ketones (excluding diaryl/α,β-unsaturated/α-hetero) is 4. The highest BCUT2D eigenvalue weighted by molar-refractivity contribution is 6.32. The summed E-state index contributed by atoms with van der Waals surface area (Å²) in [6.45, 7) is 1.60. The van der Waals surface area contributed by atoms with Gasteiger partial charge in [0, 0.05) is 48.4 Å². The Kier molecular flexibility index (Phi) is 8.71. The number of hydrogen-bond donors (Lipinski definition) is 6. The van der Waals surface area contributed by atoms with Gasteiger partial charge in [-0.3, -0.25) is 28.9 Å². The minimum Gasteiger partial charge on any atom is -0.505 e. The highest BCUT2D eigenvalue weighted by Gasteiger charge is 2.73. The predicted octanol–water partition coefficient (Wildman–Crippen LogP) is 2.52. The molecule has 3 aliphatic rings. The monoisotopic (exact) mass is 737 g/mol. The average Bonchev–Trinajstić information content (AvgIpc) is 3.54. The minimum absolute atomic E-state index is 0.178. The Bertz CT molecular complexity index is 2280. The number of likely N-dealkylation sites (N-methyl/N-ethyl adjacent to an activating group) is 1. The van der Waals surface area contributed by atoms with E-state index >= 15 is 0 Å². The first kappa shape index (κ1) is 36.5. The van der Waals surface area contributed by atoms with E-state index in [1.54, 1.807) is 31.2 Å². The first-order valence-electron chi connectivity index (χ1n) is 17.2. The number of rotatable bonds is 6. The van der Waals surface area contributed by atoms with Gasteiger partial charge >= 0.3 is 6.03 Å². The van der Waals surface area contributed by atoms with Crippen LogP contribution in [0.15, 0.2) is 65.1 Å². The van der Waals surface area contributed by atoms with Crippen molar-refractivity contribution in [3.63, 3.8) is 0 Å². The van der Waals surface area contributed by atoms with Crippen LogP contribution in [0.3, 0.4) is 0 Å². The van der Waals surface area contributed by atoms with Crippen molar-refractivity contribution in [3.05, 3.63) is 71.8 Å². The molecule has 54 heavy (non-hydrogen) atoms. The number of aliphatic hydroxyl groups is 2. The van der Waals surface area contributed by atoms with Gasteiger partial charge in [-0.25, -0.2) is 4.79 Å². The van der Waals surface area contributed by atoms with E-state index in [0.717, 1.165) is 22.2 Å². The largest absolute Gasteiger partial charge is 0.505 e. The van der Waals surface area contributed by atoms with Crippen LogP contribution in [0.5, 0.6) is 5.75 Å². The summed E-state index contributed by atoms with van der Waals surface area (Å²) < 4.78 is 6.05. The zero-order valence-electron chi connectivity index (χ0n) is 30.0. The topological polar surface area (TPSA) is 233 Å². The van der Waals surface area contributed by atoms with Gasteiger partial charge in [0.1, 0.15) is 17.1 Å². The Morgan fingerprint density at radius 1 is 0.907 bits per heavy atom. The second kappa shape index (κ2) is 12.9. The fourth-order valence-electron chi connectivity index (χ4n) is 8.53. The number of carbonyl (C=O) groups is 6. The number of hydrogen-bond acceptors (Lipinski definition) is 12. The molecule has 15 heteroatoms. The number of nitrogens with zero attached hydrogens (tertiary/aromatic N) is 2. The molecule has 3 aromatic carbocycles. The zero-order chi connectivity index (χ0) is 39.1. The summed E-state index contributed by atoms with van der Waals surface area (Å²) in [5.74, 6) is -14.0. The molecule has 2 fully saturated rings. The van der Waals surface area contributed by atoms with E-state index in [9.17, 15) is 44.1 Å². The van der Waals surface area contributed by atoms with Gasteiger partial charge in [-0.15, -0.1) is 0 Å². The number of ketones is 4. The molecular weight excluding hydrogens is 698 g/mol. The van der Waals surface area contributed by atoms with E-state index < -0.39 is 88.2 Å². The summed E-state index contributed by atoms with van der Waals surface area (Å²) in [6.07, 6.45) is -1.75. The Balaban J connectivity index is 1.14. The molecule has 1 heterocycles. The summed E-state index contributed by atoms with van der Waals surface area (Å²) in [5, 5.41) is 41.1. The lowest BCUT2D eigenvalue weighted by molar-refractivity contribution is -0.196. The van der Waals surface area contributed by atoms with Gasteiger partial charge in [0.15, 0.2) is 34.7 Å². The van der Waals surface area contributed by atoms with Gasteiger partial charge in [0.25, 0.3) is 0 Å². The number of carbonyl (C=O) groups excluding carboxylic acids is 6. The summed E-state index contributed by atoms with van der Waals surface area (Å²) in [6, 6.07) is 15.3. The molecule has 2 unspecified atom stereocenters. The van der Waals surface area contributed by atoms with Crippen LogP contribution in [-0.4, -0.2) is 101 Å². The first-order chi connectivity index (χ1) is 25.5. The van der Waals surface area contributed by atoms with E-state index in [1.165, 1.54) is 31.1 Å². The highest BCUT2D eigenvalue weighted by Crippen LogP contribution is 2.55. The molecule has 0 spiro atoms. The Morgan fingerprint density at radius 2 is 1.59 bits per heavy atom. The zero-order valence-corrected chi connectivity index (χ0v) is 30.0. The molecular formula is C39H39N5O10. The maximum absolute atomic E-state index is 14.2. The summed E-state index contributed by atoms with van der Waals surface area (Å²) >= 11 is 0. The number of amides is 3. The van der Waals surface area contributed by atoms with Crippen LogP contribution in [-0.2, 0) is 19.2 Å². The van der Waals surface area contributed by atoms with Gasteiger partial charge < -0.3 is 41.0 Å². The first-order valence-corrected chi connectivity index (χ1v) is 17.2. The molecule has 2 saturated carbocycles. The lowest BCUT2D eigenvalue weighted by atomic mass is 9.49. The number of aliphatic hydroxyl groups excluding tert-OH is 1. The van der Waals surface area contributed by atoms with Gasteiger partial charge in [-0.1, -0.05) is 13.0 Å². The fraction of sp³-hybridized carbons (Fsp3) is 0.333. The third kappa shape index (κ3) is 5.37. The molecule has 7 rings (SSSR count). The summed E-state index contributed by atoms with van der Waals surface area (Å²) in [7, 11) is 6.72. The van der Waals surface area contributed by atoms with E-state index in [-0.39, 0.29) is 16.8 Å². The third-order valence-electron chi connectivity index (χ3n) is 11.2. The van der Waals surface area contributed by atoms with Crippen molar-refractivity contribution >= 4 is 63.1 Å². The van der Waals surface area contributed by atoms with Crippen molar-refractivity contribution in [2.75, 3.05) is 43.7 Å². The number of phenols is 1. The lowest BCUT2D eigenvalue weighted by Crippen LogP contribution is -2.77. The second-order valence-corrected chi connectivity index (χ2v) is 14.7. The average molecular weight is 738 g/mol. The number of anilines is 3. The van der Waals surface area contributed by atoms with Crippen molar-refractivity contribution in [2.24, 2.45) is 29.4 Å². The Labute approximate surface area is 308 Å². The van der Waals surface area contributed by atoms with Crippen LogP contribution in [0.1, 0.15) is 28.8 Å². The molecule has 0 bridgehead atoms. The summed E-state index contributed by atoms with van der Waals surface area (Å²) in [4.78, 5) is 83.9. The van der Waals surface area contributed by atoms with Crippen LogP contribution in [0.25, 0.3) is 22.3 Å². The molecule has 3 amide bonds. The Morgan fingerprint density at radius 3 is 2.22 bits per heavy atom. The van der Waals surface area contributed by atoms with Crippen LogP contribution < -0.4 is 21.3 Å². The van der Waals surface area contributed by atoms with Crippen molar-refractivity contribution in [2.45, 2.75) is 30.6 Å². The number of urea groups is 1. The van der Waals surface area contributed by atoms with Gasteiger partial charge in [-0.05, 0) is 74.1 Å². The number of phenolic OH excluding ortho intramolecular Hbond substituents is 1. The predicted molar refractivity (Wildman–Crippen MR) is 196 cm³/mol. The van der Waals surface area contributed by atoms with E-state index in [1.807, 2.05) is 43.3 Å².